The number of amides is 1. The maximum Gasteiger partial charge on any atom is 0.237 e. The molecule has 4 N–H and O–H groups in total. The molecule has 0 aliphatic heterocycles. The van der Waals surface area contributed by atoms with Gasteiger partial charge in [0.25, 0.3) is 0 Å². The summed E-state index contributed by atoms with van der Waals surface area (Å²) in [6.45, 7) is 6.08. The molecule has 4 nitrogen and oxygen atoms in total. The number of aliphatic hydroxyl groups excluding tert-OH is 1. The third kappa shape index (κ3) is 7.59. The van der Waals surface area contributed by atoms with E-state index in [0.29, 0.717) is 6.42 Å². The lowest BCUT2D eigenvalue weighted by Crippen LogP contribution is -2.44. The molecule has 0 rings (SSSR count). The standard InChI is InChI=1S/C10H22N2O2.ClH/c1-4-5-8(11)10(14)12-6-9(13)7(2)3;/h7-9,13H,4-6,11H2,1-3H3,(H,12,14);1H. The van der Waals surface area contributed by atoms with E-state index in [2.05, 4.69) is 5.32 Å². The minimum Gasteiger partial charge on any atom is -0.391 e. The molecule has 0 bridgehead atoms. The van der Waals surface area contributed by atoms with Crippen molar-refractivity contribution in [2.45, 2.75) is 45.8 Å². The Labute approximate surface area is 98.0 Å². The summed E-state index contributed by atoms with van der Waals surface area (Å²) in [5, 5.41) is 12.1. The van der Waals surface area contributed by atoms with Crippen molar-refractivity contribution in [2.24, 2.45) is 11.7 Å². The van der Waals surface area contributed by atoms with Crippen LogP contribution in [0.2, 0.25) is 0 Å². The summed E-state index contributed by atoms with van der Waals surface area (Å²) in [5.41, 5.74) is 5.60. The summed E-state index contributed by atoms with van der Waals surface area (Å²) >= 11 is 0. The van der Waals surface area contributed by atoms with Crippen molar-refractivity contribution in [3.63, 3.8) is 0 Å². The third-order valence-electron chi connectivity index (χ3n) is 2.19. The Kier molecular flexibility index (Phi) is 10.2. The number of carbonyl (C=O) groups excluding carboxylic acids is 1. The lowest BCUT2D eigenvalue weighted by Gasteiger charge is -2.17. The monoisotopic (exact) mass is 238 g/mol. The second-order valence-electron chi connectivity index (χ2n) is 3.95. The molecule has 0 radical (unpaired) electrons. The summed E-state index contributed by atoms with van der Waals surface area (Å²) < 4.78 is 0. The van der Waals surface area contributed by atoms with Crippen molar-refractivity contribution in [3.8, 4) is 0 Å². The Morgan fingerprint density at radius 1 is 1.47 bits per heavy atom. The van der Waals surface area contributed by atoms with Gasteiger partial charge < -0.3 is 16.2 Å². The van der Waals surface area contributed by atoms with Crippen LogP contribution in [0, 0.1) is 5.92 Å². The zero-order valence-electron chi connectivity index (χ0n) is 9.69. The highest BCUT2D eigenvalue weighted by Gasteiger charge is 2.14. The lowest BCUT2D eigenvalue weighted by atomic mass is 10.1. The second kappa shape index (κ2) is 8.95. The molecule has 0 aromatic rings. The number of hydrogen-bond donors (Lipinski definition) is 3. The molecule has 5 heteroatoms. The Morgan fingerprint density at radius 3 is 2.40 bits per heavy atom. The van der Waals surface area contributed by atoms with Gasteiger partial charge in [-0.25, -0.2) is 0 Å². The molecular weight excluding hydrogens is 216 g/mol. The number of nitrogens with two attached hydrogens (primary N) is 1. The molecule has 1 amide bonds. The summed E-state index contributed by atoms with van der Waals surface area (Å²) in [6.07, 6.45) is 1.08. The highest BCUT2D eigenvalue weighted by Crippen LogP contribution is 1.99. The largest absolute Gasteiger partial charge is 0.391 e. The SMILES string of the molecule is CCCC(N)C(=O)NCC(O)C(C)C.Cl. The molecule has 0 saturated heterocycles. The summed E-state index contributed by atoms with van der Waals surface area (Å²) in [6, 6.07) is -0.445. The molecule has 0 aliphatic carbocycles. The third-order valence-corrected chi connectivity index (χ3v) is 2.19. The summed E-state index contributed by atoms with van der Waals surface area (Å²) in [7, 11) is 0. The van der Waals surface area contributed by atoms with Gasteiger partial charge in [0.05, 0.1) is 12.1 Å². The molecule has 2 atom stereocenters. The Bertz CT molecular complexity index is 177. The van der Waals surface area contributed by atoms with Crippen LogP contribution in [0.5, 0.6) is 0 Å². The van der Waals surface area contributed by atoms with E-state index < -0.39 is 12.1 Å². The maximum absolute atomic E-state index is 11.3. The van der Waals surface area contributed by atoms with Gasteiger partial charge in [0.2, 0.25) is 5.91 Å². The number of nitrogens with one attached hydrogen (secondary N) is 1. The molecule has 0 aliphatic rings. The maximum atomic E-state index is 11.3. The van der Waals surface area contributed by atoms with Gasteiger partial charge in [0.15, 0.2) is 0 Å². The predicted molar refractivity (Wildman–Crippen MR) is 64.0 cm³/mol. The first-order chi connectivity index (χ1) is 6.49. The van der Waals surface area contributed by atoms with Crippen LogP contribution in [0.4, 0.5) is 0 Å². The van der Waals surface area contributed by atoms with E-state index in [0.717, 1.165) is 6.42 Å². The molecule has 0 fully saturated rings. The Hall–Kier alpha value is -0.320. The average Bonchev–Trinajstić information content (AvgIpc) is 2.13. The van der Waals surface area contributed by atoms with Gasteiger partial charge in [-0.3, -0.25) is 4.79 Å². The van der Waals surface area contributed by atoms with Crippen LogP contribution in [0.25, 0.3) is 0 Å². The van der Waals surface area contributed by atoms with Gasteiger partial charge in [-0.2, -0.15) is 0 Å². The van der Waals surface area contributed by atoms with Crippen LogP contribution < -0.4 is 11.1 Å². The van der Waals surface area contributed by atoms with Crippen molar-refractivity contribution in [1.82, 2.24) is 5.32 Å². The van der Waals surface area contributed by atoms with Crippen LogP contribution in [0.1, 0.15) is 33.6 Å². The van der Waals surface area contributed by atoms with E-state index >= 15 is 0 Å². The number of halogens is 1. The van der Waals surface area contributed by atoms with Crippen molar-refractivity contribution in [1.29, 1.82) is 0 Å². The van der Waals surface area contributed by atoms with Gasteiger partial charge in [0.1, 0.15) is 0 Å². The normalized spacial score (nSPS) is 14.3. The zero-order chi connectivity index (χ0) is 11.1. The molecule has 92 valence electrons. The number of hydrogen-bond acceptors (Lipinski definition) is 3. The lowest BCUT2D eigenvalue weighted by molar-refractivity contribution is -0.123. The van der Waals surface area contributed by atoms with Crippen molar-refractivity contribution < 1.29 is 9.90 Å². The first kappa shape index (κ1) is 17.1. The Morgan fingerprint density at radius 2 is 2.00 bits per heavy atom. The second-order valence-corrected chi connectivity index (χ2v) is 3.95. The minimum atomic E-state index is -0.493. The number of rotatable bonds is 6. The van der Waals surface area contributed by atoms with E-state index in [1.807, 2.05) is 20.8 Å². The molecule has 0 heterocycles. The summed E-state index contributed by atoms with van der Waals surface area (Å²) in [4.78, 5) is 11.3. The minimum absolute atomic E-state index is 0. The molecule has 0 aromatic heterocycles. The Balaban J connectivity index is 0. The highest BCUT2D eigenvalue weighted by atomic mass is 35.5. The predicted octanol–water partition coefficient (Wildman–Crippen LogP) is 0.669. The number of carbonyl (C=O) groups is 1. The van der Waals surface area contributed by atoms with Crippen molar-refractivity contribution >= 4 is 18.3 Å². The van der Waals surface area contributed by atoms with Gasteiger partial charge in [-0.1, -0.05) is 27.2 Å². The fraction of sp³-hybridized carbons (Fsp3) is 0.900. The number of aliphatic hydroxyl groups is 1. The first-order valence-corrected chi connectivity index (χ1v) is 5.20. The highest BCUT2D eigenvalue weighted by molar-refractivity contribution is 5.85. The van der Waals surface area contributed by atoms with Crippen LogP contribution in [-0.2, 0) is 4.79 Å². The molecule has 0 spiro atoms. The average molecular weight is 239 g/mol. The van der Waals surface area contributed by atoms with Crippen LogP contribution >= 0.6 is 12.4 Å². The van der Waals surface area contributed by atoms with Crippen molar-refractivity contribution in [3.05, 3.63) is 0 Å². The fourth-order valence-corrected chi connectivity index (χ4v) is 1.01. The zero-order valence-corrected chi connectivity index (χ0v) is 10.5. The van der Waals surface area contributed by atoms with Crippen LogP contribution in [0.3, 0.4) is 0 Å². The quantitative estimate of drug-likeness (QED) is 0.637. The molecular formula is C10H23ClN2O2. The smallest absolute Gasteiger partial charge is 0.237 e. The van der Waals surface area contributed by atoms with Gasteiger partial charge in [0, 0.05) is 6.54 Å². The van der Waals surface area contributed by atoms with E-state index in [1.54, 1.807) is 0 Å². The van der Waals surface area contributed by atoms with E-state index in [1.165, 1.54) is 0 Å². The van der Waals surface area contributed by atoms with E-state index in [-0.39, 0.29) is 30.8 Å². The molecule has 15 heavy (non-hydrogen) atoms. The van der Waals surface area contributed by atoms with E-state index in [4.69, 9.17) is 5.73 Å². The summed E-state index contributed by atoms with van der Waals surface area (Å²) in [5.74, 6) is -0.0238. The van der Waals surface area contributed by atoms with Gasteiger partial charge in [-0.15, -0.1) is 12.4 Å². The van der Waals surface area contributed by atoms with Crippen LogP contribution in [-0.4, -0.2) is 29.7 Å². The van der Waals surface area contributed by atoms with Gasteiger partial charge in [-0.05, 0) is 12.3 Å². The van der Waals surface area contributed by atoms with Crippen LogP contribution in [0.15, 0.2) is 0 Å². The van der Waals surface area contributed by atoms with E-state index in [9.17, 15) is 9.90 Å². The molecule has 2 unspecified atom stereocenters. The molecule has 0 aromatic carbocycles. The topological polar surface area (TPSA) is 75.4 Å². The van der Waals surface area contributed by atoms with Gasteiger partial charge >= 0.3 is 0 Å². The van der Waals surface area contributed by atoms with Crippen molar-refractivity contribution in [2.75, 3.05) is 6.54 Å². The molecule has 0 saturated carbocycles. The fourth-order valence-electron chi connectivity index (χ4n) is 1.01. The first-order valence-electron chi connectivity index (χ1n) is 5.20.